The van der Waals surface area contributed by atoms with Gasteiger partial charge in [-0.25, -0.2) is 4.98 Å². The molecule has 24 heavy (non-hydrogen) atoms. The standard InChI is InChI=1S/C18H18N4OS/c23-17(20-13-8-4-5-9-13)14-10-19-22-16(14)18-21-15(11-24-18)12-6-2-1-3-7-12/h1-3,6-7,10-11,13H,4-5,8-9H2,(H,19,22)(H,20,23). The molecule has 1 saturated carbocycles. The normalized spacial score (nSPS) is 14.8. The molecule has 1 aliphatic rings. The van der Waals surface area contributed by atoms with Crippen LogP contribution in [0, 0.1) is 0 Å². The largest absolute Gasteiger partial charge is 0.349 e. The third-order valence-electron chi connectivity index (χ3n) is 4.35. The second-order valence-electron chi connectivity index (χ2n) is 6.01. The Morgan fingerprint density at radius 2 is 2.00 bits per heavy atom. The molecular formula is C18H18N4OS. The van der Waals surface area contributed by atoms with Crippen molar-refractivity contribution in [2.75, 3.05) is 0 Å². The van der Waals surface area contributed by atoms with E-state index in [1.165, 1.54) is 24.2 Å². The van der Waals surface area contributed by atoms with Crippen LogP contribution in [0.25, 0.3) is 22.0 Å². The minimum absolute atomic E-state index is 0.0675. The number of aromatic nitrogens is 3. The second kappa shape index (κ2) is 6.57. The van der Waals surface area contributed by atoms with E-state index in [0.717, 1.165) is 29.1 Å². The van der Waals surface area contributed by atoms with Crippen molar-refractivity contribution in [1.82, 2.24) is 20.5 Å². The number of hydrogen-bond donors (Lipinski definition) is 2. The molecule has 0 bridgehead atoms. The molecule has 1 aliphatic carbocycles. The summed E-state index contributed by atoms with van der Waals surface area (Å²) in [5, 5.41) is 12.9. The minimum atomic E-state index is -0.0675. The lowest BCUT2D eigenvalue weighted by atomic mass is 10.2. The average Bonchev–Trinajstić information content (AvgIpc) is 3.36. The number of aromatic amines is 1. The van der Waals surface area contributed by atoms with Gasteiger partial charge in [0.15, 0.2) is 0 Å². The summed E-state index contributed by atoms with van der Waals surface area (Å²) in [6.45, 7) is 0. The van der Waals surface area contributed by atoms with Gasteiger partial charge in [-0.15, -0.1) is 11.3 Å². The molecule has 122 valence electrons. The van der Waals surface area contributed by atoms with Crippen molar-refractivity contribution >= 4 is 17.2 Å². The topological polar surface area (TPSA) is 70.7 Å². The van der Waals surface area contributed by atoms with E-state index >= 15 is 0 Å². The number of rotatable bonds is 4. The van der Waals surface area contributed by atoms with Crippen molar-refractivity contribution in [3.63, 3.8) is 0 Å². The number of H-pyrrole nitrogens is 1. The smallest absolute Gasteiger partial charge is 0.255 e. The molecule has 1 amide bonds. The van der Waals surface area contributed by atoms with Gasteiger partial charge in [-0.05, 0) is 12.8 Å². The SMILES string of the molecule is O=C(NC1CCCC1)c1c[nH]nc1-c1nc(-c2ccccc2)cs1. The van der Waals surface area contributed by atoms with Crippen LogP contribution >= 0.6 is 11.3 Å². The van der Waals surface area contributed by atoms with E-state index in [4.69, 9.17) is 0 Å². The van der Waals surface area contributed by atoms with Gasteiger partial charge < -0.3 is 5.32 Å². The average molecular weight is 338 g/mol. The molecule has 5 nitrogen and oxygen atoms in total. The van der Waals surface area contributed by atoms with Crippen LogP contribution in [0.3, 0.4) is 0 Å². The summed E-state index contributed by atoms with van der Waals surface area (Å²) >= 11 is 1.50. The van der Waals surface area contributed by atoms with E-state index in [0.29, 0.717) is 11.3 Å². The molecule has 6 heteroatoms. The summed E-state index contributed by atoms with van der Waals surface area (Å²) in [6, 6.07) is 10.3. The number of benzene rings is 1. The van der Waals surface area contributed by atoms with E-state index in [2.05, 4.69) is 20.5 Å². The van der Waals surface area contributed by atoms with Crippen LogP contribution in [0.4, 0.5) is 0 Å². The quantitative estimate of drug-likeness (QED) is 0.758. The van der Waals surface area contributed by atoms with Gasteiger partial charge in [0.25, 0.3) is 5.91 Å². The highest BCUT2D eigenvalue weighted by molar-refractivity contribution is 7.13. The zero-order chi connectivity index (χ0) is 16.4. The van der Waals surface area contributed by atoms with Crippen molar-refractivity contribution in [3.8, 4) is 22.0 Å². The highest BCUT2D eigenvalue weighted by Crippen LogP contribution is 2.29. The Morgan fingerprint density at radius 1 is 1.21 bits per heavy atom. The summed E-state index contributed by atoms with van der Waals surface area (Å²) in [7, 11) is 0. The van der Waals surface area contributed by atoms with Gasteiger partial charge >= 0.3 is 0 Å². The molecule has 4 rings (SSSR count). The zero-order valence-electron chi connectivity index (χ0n) is 13.2. The number of carbonyl (C=O) groups excluding carboxylic acids is 1. The maximum atomic E-state index is 12.5. The maximum absolute atomic E-state index is 12.5. The molecule has 0 atom stereocenters. The first kappa shape index (κ1) is 15.1. The fraction of sp³-hybridized carbons (Fsp3) is 0.278. The van der Waals surface area contributed by atoms with Crippen LogP contribution < -0.4 is 5.32 Å². The van der Waals surface area contributed by atoms with E-state index in [-0.39, 0.29) is 11.9 Å². The van der Waals surface area contributed by atoms with Crippen molar-refractivity contribution in [3.05, 3.63) is 47.5 Å². The predicted molar refractivity (Wildman–Crippen MR) is 94.9 cm³/mol. The summed E-state index contributed by atoms with van der Waals surface area (Å²) < 4.78 is 0. The maximum Gasteiger partial charge on any atom is 0.255 e. The zero-order valence-corrected chi connectivity index (χ0v) is 14.0. The summed E-state index contributed by atoms with van der Waals surface area (Å²) in [4.78, 5) is 17.2. The fourth-order valence-corrected chi connectivity index (χ4v) is 3.91. The van der Waals surface area contributed by atoms with Gasteiger partial charge in [-0.1, -0.05) is 43.2 Å². The molecule has 0 spiro atoms. The first-order chi connectivity index (χ1) is 11.8. The van der Waals surface area contributed by atoms with Crippen LogP contribution in [0.5, 0.6) is 0 Å². The Morgan fingerprint density at radius 3 is 2.79 bits per heavy atom. The number of nitrogens with zero attached hydrogens (tertiary/aromatic N) is 2. The van der Waals surface area contributed by atoms with Crippen LogP contribution in [-0.4, -0.2) is 27.1 Å². The lowest BCUT2D eigenvalue weighted by Gasteiger charge is -2.11. The highest BCUT2D eigenvalue weighted by atomic mass is 32.1. The number of thiazole rings is 1. The molecule has 1 aromatic carbocycles. The number of amides is 1. The monoisotopic (exact) mass is 338 g/mol. The van der Waals surface area contributed by atoms with Gasteiger partial charge in [0.1, 0.15) is 10.7 Å². The van der Waals surface area contributed by atoms with E-state index < -0.39 is 0 Å². The number of hydrogen-bond acceptors (Lipinski definition) is 4. The summed E-state index contributed by atoms with van der Waals surface area (Å²) in [6.07, 6.45) is 6.16. The Bertz CT molecular complexity index is 834. The van der Waals surface area contributed by atoms with Crippen molar-refractivity contribution < 1.29 is 4.79 Å². The third-order valence-corrected chi connectivity index (χ3v) is 5.20. The lowest BCUT2D eigenvalue weighted by molar-refractivity contribution is 0.0938. The Hall–Kier alpha value is -2.47. The predicted octanol–water partition coefficient (Wildman–Crippen LogP) is 3.87. The lowest BCUT2D eigenvalue weighted by Crippen LogP contribution is -2.32. The molecule has 0 saturated heterocycles. The summed E-state index contributed by atoms with van der Waals surface area (Å²) in [5.41, 5.74) is 3.15. The van der Waals surface area contributed by atoms with Gasteiger partial charge in [0.2, 0.25) is 0 Å². The fourth-order valence-electron chi connectivity index (χ4n) is 3.08. The van der Waals surface area contributed by atoms with Gasteiger partial charge in [-0.2, -0.15) is 5.10 Å². The molecular weight excluding hydrogens is 320 g/mol. The molecule has 0 radical (unpaired) electrons. The van der Waals surface area contributed by atoms with Crippen LogP contribution in [0.1, 0.15) is 36.0 Å². The van der Waals surface area contributed by atoms with Gasteiger partial charge in [0, 0.05) is 23.2 Å². The second-order valence-corrected chi connectivity index (χ2v) is 6.86. The molecule has 2 heterocycles. The van der Waals surface area contributed by atoms with E-state index in [9.17, 15) is 4.79 Å². The van der Waals surface area contributed by atoms with Gasteiger partial charge in [0.05, 0.1) is 11.3 Å². The minimum Gasteiger partial charge on any atom is -0.349 e. The van der Waals surface area contributed by atoms with Gasteiger partial charge in [-0.3, -0.25) is 9.89 Å². The summed E-state index contributed by atoms with van der Waals surface area (Å²) in [5.74, 6) is -0.0675. The van der Waals surface area contributed by atoms with Crippen molar-refractivity contribution in [1.29, 1.82) is 0 Å². The van der Waals surface area contributed by atoms with E-state index in [1.807, 2.05) is 35.7 Å². The van der Waals surface area contributed by atoms with Crippen LogP contribution in [0.2, 0.25) is 0 Å². The first-order valence-corrected chi connectivity index (χ1v) is 9.05. The molecule has 2 N–H and O–H groups in total. The van der Waals surface area contributed by atoms with Crippen molar-refractivity contribution in [2.24, 2.45) is 0 Å². The Labute approximate surface area is 144 Å². The first-order valence-electron chi connectivity index (χ1n) is 8.17. The van der Waals surface area contributed by atoms with Crippen LogP contribution in [0.15, 0.2) is 41.9 Å². The Balaban J connectivity index is 1.58. The van der Waals surface area contributed by atoms with Crippen LogP contribution in [-0.2, 0) is 0 Å². The highest BCUT2D eigenvalue weighted by Gasteiger charge is 2.22. The molecule has 1 fully saturated rings. The number of carbonyl (C=O) groups is 1. The Kier molecular flexibility index (Phi) is 4.13. The molecule has 2 aromatic heterocycles. The number of nitrogens with one attached hydrogen (secondary N) is 2. The van der Waals surface area contributed by atoms with E-state index in [1.54, 1.807) is 6.20 Å². The molecule has 0 aliphatic heterocycles. The molecule has 0 unspecified atom stereocenters. The van der Waals surface area contributed by atoms with Crippen molar-refractivity contribution in [2.45, 2.75) is 31.7 Å². The third kappa shape index (κ3) is 2.97. The molecule has 3 aromatic rings.